The standard InChI is InChI=1S/C17H19Cl2NO2/c1-10(16-14(18)4-3-5-15(16)19)17(21)22-13-8-11-6-7-12(9-13)20(11)2/h3-5,11-13H,1,6-9H2,2H3. The molecule has 1 aromatic rings. The van der Waals surface area contributed by atoms with E-state index in [0.717, 1.165) is 12.8 Å². The molecule has 22 heavy (non-hydrogen) atoms. The first-order valence-corrected chi connectivity index (χ1v) is 8.29. The number of hydrogen-bond donors (Lipinski definition) is 0. The van der Waals surface area contributed by atoms with E-state index in [1.165, 1.54) is 12.8 Å². The normalized spacial score (nSPS) is 27.7. The molecule has 2 heterocycles. The van der Waals surface area contributed by atoms with E-state index in [4.69, 9.17) is 27.9 Å². The van der Waals surface area contributed by atoms with E-state index in [2.05, 4.69) is 18.5 Å². The van der Waals surface area contributed by atoms with E-state index >= 15 is 0 Å². The minimum Gasteiger partial charge on any atom is -0.459 e. The highest BCUT2D eigenvalue weighted by molar-refractivity contribution is 6.40. The quantitative estimate of drug-likeness (QED) is 0.611. The number of fused-ring (bicyclic) bond motifs is 2. The fourth-order valence-electron chi connectivity index (χ4n) is 3.57. The van der Waals surface area contributed by atoms with E-state index in [1.807, 2.05) is 0 Å². The van der Waals surface area contributed by atoms with Gasteiger partial charge in [-0.05, 0) is 32.0 Å². The first-order valence-electron chi connectivity index (χ1n) is 7.53. The summed E-state index contributed by atoms with van der Waals surface area (Å²) in [6, 6.07) is 6.16. The van der Waals surface area contributed by atoms with Gasteiger partial charge in [0, 0.05) is 30.5 Å². The maximum Gasteiger partial charge on any atom is 0.338 e. The third kappa shape index (κ3) is 2.90. The van der Waals surface area contributed by atoms with E-state index in [1.54, 1.807) is 18.2 Å². The van der Waals surface area contributed by atoms with Gasteiger partial charge in [-0.15, -0.1) is 0 Å². The minimum absolute atomic E-state index is 0.0424. The summed E-state index contributed by atoms with van der Waals surface area (Å²) >= 11 is 12.3. The van der Waals surface area contributed by atoms with Gasteiger partial charge in [-0.2, -0.15) is 0 Å². The summed E-state index contributed by atoms with van der Waals surface area (Å²) < 4.78 is 5.66. The third-order valence-corrected chi connectivity index (χ3v) is 5.47. The molecule has 2 aliphatic heterocycles. The second-order valence-electron chi connectivity index (χ2n) is 6.12. The molecule has 118 valence electrons. The lowest BCUT2D eigenvalue weighted by molar-refractivity contribution is -0.145. The average molecular weight is 340 g/mol. The Hall–Kier alpha value is -1.03. The van der Waals surface area contributed by atoms with Crippen molar-refractivity contribution in [3.05, 3.63) is 40.4 Å². The van der Waals surface area contributed by atoms with Crippen LogP contribution in [-0.2, 0) is 9.53 Å². The van der Waals surface area contributed by atoms with Crippen molar-refractivity contribution in [1.29, 1.82) is 0 Å². The van der Waals surface area contributed by atoms with Crippen LogP contribution in [0.2, 0.25) is 10.0 Å². The molecule has 2 atom stereocenters. The van der Waals surface area contributed by atoms with Crippen LogP contribution in [0.15, 0.2) is 24.8 Å². The molecule has 0 radical (unpaired) electrons. The van der Waals surface area contributed by atoms with Crippen LogP contribution in [0, 0.1) is 0 Å². The van der Waals surface area contributed by atoms with Crippen molar-refractivity contribution in [2.75, 3.05) is 7.05 Å². The van der Waals surface area contributed by atoms with Gasteiger partial charge < -0.3 is 9.64 Å². The second-order valence-corrected chi connectivity index (χ2v) is 6.94. The topological polar surface area (TPSA) is 29.5 Å². The van der Waals surface area contributed by atoms with Crippen LogP contribution in [-0.4, -0.2) is 36.1 Å². The van der Waals surface area contributed by atoms with Crippen molar-refractivity contribution in [2.45, 2.75) is 43.9 Å². The highest BCUT2D eigenvalue weighted by Gasteiger charge is 2.40. The molecule has 3 rings (SSSR count). The number of rotatable bonds is 3. The Morgan fingerprint density at radius 2 is 1.77 bits per heavy atom. The van der Waals surface area contributed by atoms with E-state index in [-0.39, 0.29) is 11.7 Å². The van der Waals surface area contributed by atoms with Crippen molar-refractivity contribution >= 4 is 34.7 Å². The van der Waals surface area contributed by atoms with Crippen LogP contribution in [0.25, 0.3) is 5.57 Å². The summed E-state index contributed by atoms with van der Waals surface area (Å²) in [6.45, 7) is 3.83. The van der Waals surface area contributed by atoms with Crippen molar-refractivity contribution in [2.24, 2.45) is 0 Å². The first-order chi connectivity index (χ1) is 10.5. The molecule has 0 aliphatic carbocycles. The largest absolute Gasteiger partial charge is 0.459 e. The summed E-state index contributed by atoms with van der Waals surface area (Å²) in [4.78, 5) is 14.8. The maximum atomic E-state index is 12.4. The van der Waals surface area contributed by atoms with Gasteiger partial charge >= 0.3 is 5.97 Å². The number of piperidine rings is 1. The summed E-state index contributed by atoms with van der Waals surface area (Å²) in [5, 5.41) is 0.829. The fraction of sp³-hybridized carbons (Fsp3) is 0.471. The van der Waals surface area contributed by atoms with E-state index in [0.29, 0.717) is 27.7 Å². The van der Waals surface area contributed by atoms with Gasteiger partial charge in [0.25, 0.3) is 0 Å². The minimum atomic E-state index is -0.427. The van der Waals surface area contributed by atoms with Crippen LogP contribution in [0.1, 0.15) is 31.2 Å². The highest BCUT2D eigenvalue weighted by Crippen LogP contribution is 2.37. The Kier molecular flexibility index (Phi) is 4.49. The number of ether oxygens (including phenoxy) is 1. The molecule has 0 spiro atoms. The summed E-state index contributed by atoms with van der Waals surface area (Å²) in [5.41, 5.74) is 0.689. The third-order valence-electron chi connectivity index (χ3n) is 4.84. The van der Waals surface area contributed by atoms with Gasteiger partial charge in [-0.25, -0.2) is 4.79 Å². The number of hydrogen-bond acceptors (Lipinski definition) is 3. The smallest absolute Gasteiger partial charge is 0.338 e. The van der Waals surface area contributed by atoms with Crippen LogP contribution in [0.3, 0.4) is 0 Å². The zero-order valence-corrected chi connectivity index (χ0v) is 14.0. The fourth-order valence-corrected chi connectivity index (χ4v) is 4.19. The molecule has 0 amide bonds. The molecular formula is C17H19Cl2NO2. The number of carbonyl (C=O) groups excluding carboxylic acids is 1. The Balaban J connectivity index is 1.69. The molecule has 2 bridgehead atoms. The van der Waals surface area contributed by atoms with Gasteiger partial charge in [0.15, 0.2) is 0 Å². The molecule has 2 fully saturated rings. The molecule has 5 heteroatoms. The lowest BCUT2D eigenvalue weighted by Crippen LogP contribution is -2.43. The predicted molar refractivity (Wildman–Crippen MR) is 89.2 cm³/mol. The molecule has 2 unspecified atom stereocenters. The van der Waals surface area contributed by atoms with Gasteiger partial charge in [-0.1, -0.05) is 35.8 Å². The predicted octanol–water partition coefficient (Wildman–Crippen LogP) is 4.18. The van der Waals surface area contributed by atoms with Gasteiger partial charge in [0.2, 0.25) is 0 Å². The van der Waals surface area contributed by atoms with E-state index in [9.17, 15) is 4.79 Å². The molecule has 3 nitrogen and oxygen atoms in total. The van der Waals surface area contributed by atoms with Crippen molar-refractivity contribution in [3.8, 4) is 0 Å². The van der Waals surface area contributed by atoms with Crippen LogP contribution >= 0.6 is 23.2 Å². The van der Waals surface area contributed by atoms with Gasteiger partial charge in [0.1, 0.15) is 6.10 Å². The maximum absolute atomic E-state index is 12.4. The molecule has 2 aliphatic rings. The van der Waals surface area contributed by atoms with Crippen LogP contribution in [0.4, 0.5) is 0 Å². The number of halogens is 2. The summed E-state index contributed by atoms with van der Waals surface area (Å²) in [5.74, 6) is -0.427. The second kappa shape index (κ2) is 6.23. The zero-order chi connectivity index (χ0) is 15.9. The Morgan fingerprint density at radius 1 is 1.23 bits per heavy atom. The molecule has 0 N–H and O–H groups in total. The monoisotopic (exact) mass is 339 g/mol. The number of benzene rings is 1. The SMILES string of the molecule is C=C(C(=O)OC1CC2CCC(C1)N2C)c1c(Cl)cccc1Cl. The lowest BCUT2D eigenvalue weighted by atomic mass is 10.0. The van der Waals surface area contributed by atoms with Crippen molar-refractivity contribution in [1.82, 2.24) is 4.90 Å². The lowest BCUT2D eigenvalue weighted by Gasteiger charge is -2.35. The molecule has 0 aromatic heterocycles. The van der Waals surface area contributed by atoms with Crippen molar-refractivity contribution < 1.29 is 9.53 Å². The zero-order valence-electron chi connectivity index (χ0n) is 12.5. The Morgan fingerprint density at radius 3 is 2.32 bits per heavy atom. The number of nitrogens with zero attached hydrogens (tertiary/aromatic N) is 1. The van der Waals surface area contributed by atoms with Gasteiger partial charge in [-0.3, -0.25) is 0 Å². The first kappa shape index (κ1) is 15.9. The molecular weight excluding hydrogens is 321 g/mol. The number of esters is 1. The van der Waals surface area contributed by atoms with Crippen LogP contribution in [0.5, 0.6) is 0 Å². The Labute approximate surface area is 140 Å². The van der Waals surface area contributed by atoms with Crippen molar-refractivity contribution in [3.63, 3.8) is 0 Å². The molecule has 1 aromatic carbocycles. The highest BCUT2D eigenvalue weighted by atomic mass is 35.5. The van der Waals surface area contributed by atoms with Crippen LogP contribution < -0.4 is 0 Å². The summed E-state index contributed by atoms with van der Waals surface area (Å²) in [7, 11) is 2.16. The molecule has 2 saturated heterocycles. The van der Waals surface area contributed by atoms with E-state index < -0.39 is 5.97 Å². The van der Waals surface area contributed by atoms with Gasteiger partial charge in [0.05, 0.1) is 15.6 Å². The molecule has 0 saturated carbocycles. The Bertz CT molecular complexity index is 582. The number of carbonyl (C=O) groups is 1. The summed E-state index contributed by atoms with van der Waals surface area (Å²) in [6.07, 6.45) is 4.11. The average Bonchev–Trinajstić information content (AvgIpc) is 2.70.